The summed E-state index contributed by atoms with van der Waals surface area (Å²) in [6, 6.07) is 8.73. The molecule has 1 aromatic carbocycles. The fourth-order valence-electron chi connectivity index (χ4n) is 3.65. The first-order valence-corrected chi connectivity index (χ1v) is 11.3. The van der Waals surface area contributed by atoms with Gasteiger partial charge >= 0.3 is 0 Å². The second-order valence-corrected chi connectivity index (χ2v) is 8.05. The zero-order valence-electron chi connectivity index (χ0n) is 19.5. The Bertz CT molecular complexity index is 606. The van der Waals surface area contributed by atoms with Crippen LogP contribution < -0.4 is 15.5 Å². The Hall–Kier alpha value is -1.10. The summed E-state index contributed by atoms with van der Waals surface area (Å²) in [6.07, 6.45) is 3.19. The third kappa shape index (κ3) is 10.9. The van der Waals surface area contributed by atoms with Crippen molar-refractivity contribution < 1.29 is 9.84 Å². The van der Waals surface area contributed by atoms with Gasteiger partial charge in [0.1, 0.15) is 0 Å². The Morgan fingerprint density at radius 1 is 1.19 bits per heavy atom. The van der Waals surface area contributed by atoms with Gasteiger partial charge in [0.2, 0.25) is 0 Å². The maximum absolute atomic E-state index is 9.30. The number of piperidine rings is 1. The zero-order chi connectivity index (χ0) is 21.6. The number of nitrogens with zero attached hydrogens (tertiary/aromatic N) is 3. The predicted octanol–water partition coefficient (Wildman–Crippen LogP) is 2.54. The molecule has 0 amide bonds. The first-order valence-electron chi connectivity index (χ1n) is 11.3. The number of hydrogen-bond donors (Lipinski definition) is 3. The van der Waals surface area contributed by atoms with Crippen molar-refractivity contribution in [3.63, 3.8) is 0 Å². The van der Waals surface area contributed by atoms with Gasteiger partial charge in [0.05, 0.1) is 6.54 Å². The zero-order valence-corrected chi connectivity index (χ0v) is 21.8. The number of likely N-dealkylation sites (N-methyl/N-ethyl adjacent to an activating group) is 1. The molecular weight excluding hydrogens is 505 g/mol. The van der Waals surface area contributed by atoms with Gasteiger partial charge in [-0.1, -0.05) is 12.1 Å². The number of halogens is 1. The van der Waals surface area contributed by atoms with Gasteiger partial charge in [-0.25, -0.2) is 4.99 Å². The van der Waals surface area contributed by atoms with Crippen LogP contribution in [0.2, 0.25) is 0 Å². The molecule has 7 nitrogen and oxygen atoms in total. The van der Waals surface area contributed by atoms with Crippen molar-refractivity contribution in [2.45, 2.75) is 32.7 Å². The normalized spacial score (nSPS) is 15.1. The monoisotopic (exact) mass is 547 g/mol. The van der Waals surface area contributed by atoms with Gasteiger partial charge in [0, 0.05) is 65.3 Å². The highest BCUT2D eigenvalue weighted by Gasteiger charge is 2.18. The Labute approximate surface area is 205 Å². The van der Waals surface area contributed by atoms with Crippen LogP contribution in [0.25, 0.3) is 0 Å². The second-order valence-electron chi connectivity index (χ2n) is 8.05. The fraction of sp³-hybridized carbons (Fsp3) is 0.696. The minimum absolute atomic E-state index is 0. The topological polar surface area (TPSA) is 72.4 Å². The molecule has 2 rings (SSSR count). The van der Waals surface area contributed by atoms with Crippen LogP contribution in [0.3, 0.4) is 0 Å². The highest BCUT2D eigenvalue weighted by molar-refractivity contribution is 14.0. The number of aliphatic hydroxyl groups excluding tert-OH is 1. The lowest BCUT2D eigenvalue weighted by molar-refractivity contribution is 0.180. The van der Waals surface area contributed by atoms with E-state index in [1.54, 1.807) is 7.11 Å². The summed E-state index contributed by atoms with van der Waals surface area (Å²) in [5.74, 6) is 1.33. The first-order chi connectivity index (χ1) is 14.7. The molecule has 0 radical (unpaired) electrons. The van der Waals surface area contributed by atoms with Crippen LogP contribution >= 0.6 is 24.0 Å². The summed E-state index contributed by atoms with van der Waals surface area (Å²) in [5.41, 5.74) is 2.47. The van der Waals surface area contributed by atoms with Gasteiger partial charge in [0.25, 0.3) is 0 Å². The van der Waals surface area contributed by atoms with E-state index in [-0.39, 0.29) is 24.0 Å². The van der Waals surface area contributed by atoms with Gasteiger partial charge in [-0.15, -0.1) is 24.0 Å². The summed E-state index contributed by atoms with van der Waals surface area (Å²) in [5, 5.41) is 16.0. The van der Waals surface area contributed by atoms with Crippen molar-refractivity contribution in [3.05, 3.63) is 29.8 Å². The Balaban J connectivity index is 0.00000480. The average Bonchev–Trinajstić information content (AvgIpc) is 2.78. The third-order valence-electron chi connectivity index (χ3n) is 5.61. The van der Waals surface area contributed by atoms with Crippen molar-refractivity contribution in [2.75, 3.05) is 71.5 Å². The summed E-state index contributed by atoms with van der Waals surface area (Å²) >= 11 is 0. The van der Waals surface area contributed by atoms with E-state index < -0.39 is 0 Å². The number of guanidine groups is 1. The van der Waals surface area contributed by atoms with E-state index in [2.05, 4.69) is 58.7 Å². The van der Waals surface area contributed by atoms with Crippen LogP contribution in [0, 0.1) is 5.92 Å². The van der Waals surface area contributed by atoms with Crippen LogP contribution in [-0.4, -0.2) is 82.6 Å². The summed E-state index contributed by atoms with van der Waals surface area (Å²) in [7, 11) is 3.88. The van der Waals surface area contributed by atoms with E-state index in [9.17, 15) is 5.11 Å². The van der Waals surface area contributed by atoms with Gasteiger partial charge < -0.3 is 30.3 Å². The fourth-order valence-corrected chi connectivity index (χ4v) is 3.65. The number of methoxy groups -OCH3 is 1. The van der Waals surface area contributed by atoms with E-state index in [0.717, 1.165) is 71.1 Å². The largest absolute Gasteiger partial charge is 0.396 e. The second kappa shape index (κ2) is 16.5. The number of benzene rings is 1. The van der Waals surface area contributed by atoms with Crippen molar-refractivity contribution in [3.8, 4) is 0 Å². The maximum atomic E-state index is 9.30. The molecule has 178 valence electrons. The predicted molar refractivity (Wildman–Crippen MR) is 141 cm³/mol. The van der Waals surface area contributed by atoms with Gasteiger partial charge in [-0.05, 0) is 56.8 Å². The molecule has 0 spiro atoms. The van der Waals surface area contributed by atoms with E-state index in [0.29, 0.717) is 19.1 Å². The third-order valence-corrected chi connectivity index (χ3v) is 5.61. The lowest BCUT2D eigenvalue weighted by atomic mass is 9.97. The van der Waals surface area contributed by atoms with Crippen molar-refractivity contribution in [1.29, 1.82) is 0 Å². The number of rotatable bonds is 12. The molecule has 1 saturated heterocycles. The molecule has 1 heterocycles. The molecule has 1 aliphatic heterocycles. The smallest absolute Gasteiger partial charge is 0.191 e. The average molecular weight is 548 g/mol. The molecular formula is C23H42IN5O2. The molecule has 0 saturated carbocycles. The molecule has 1 fully saturated rings. The summed E-state index contributed by atoms with van der Waals surface area (Å²) in [6.45, 7) is 9.63. The van der Waals surface area contributed by atoms with Gasteiger partial charge in [-0.2, -0.15) is 0 Å². The Kier molecular flexibility index (Phi) is 14.9. The molecule has 0 aromatic heterocycles. The maximum Gasteiger partial charge on any atom is 0.191 e. The SMILES string of the molecule is CCNC(=NCc1ccc(N2CCC(CO)CC2)cc1)NCCN(C)CCCOC.I. The minimum Gasteiger partial charge on any atom is -0.396 e. The number of ether oxygens (including phenoxy) is 1. The van der Waals surface area contributed by atoms with Crippen LogP contribution in [0.1, 0.15) is 31.7 Å². The molecule has 8 heteroatoms. The van der Waals surface area contributed by atoms with Crippen LogP contribution in [-0.2, 0) is 11.3 Å². The molecule has 0 bridgehead atoms. The van der Waals surface area contributed by atoms with Crippen LogP contribution in [0.4, 0.5) is 5.69 Å². The minimum atomic E-state index is 0. The van der Waals surface area contributed by atoms with E-state index in [1.807, 2.05) is 0 Å². The molecule has 0 aliphatic carbocycles. The van der Waals surface area contributed by atoms with Crippen molar-refractivity contribution in [1.82, 2.24) is 15.5 Å². The van der Waals surface area contributed by atoms with Crippen molar-refractivity contribution >= 4 is 35.6 Å². The van der Waals surface area contributed by atoms with E-state index in [4.69, 9.17) is 9.73 Å². The van der Waals surface area contributed by atoms with Crippen LogP contribution in [0.5, 0.6) is 0 Å². The number of aliphatic imine (C=N–C) groups is 1. The number of anilines is 1. The highest BCUT2D eigenvalue weighted by atomic mass is 127. The van der Waals surface area contributed by atoms with Gasteiger partial charge in [0.15, 0.2) is 5.96 Å². The molecule has 1 aromatic rings. The molecule has 3 N–H and O–H groups in total. The lowest BCUT2D eigenvalue weighted by Crippen LogP contribution is -2.41. The summed E-state index contributed by atoms with van der Waals surface area (Å²) in [4.78, 5) is 9.45. The number of nitrogens with one attached hydrogen (secondary N) is 2. The first kappa shape index (κ1) is 27.9. The van der Waals surface area contributed by atoms with Crippen molar-refractivity contribution in [2.24, 2.45) is 10.9 Å². The Morgan fingerprint density at radius 3 is 2.52 bits per heavy atom. The molecule has 0 atom stereocenters. The lowest BCUT2D eigenvalue weighted by Gasteiger charge is -2.32. The quantitative estimate of drug-likeness (QED) is 0.162. The molecule has 1 aliphatic rings. The molecule has 31 heavy (non-hydrogen) atoms. The summed E-state index contributed by atoms with van der Waals surface area (Å²) < 4.78 is 5.11. The number of aliphatic hydroxyl groups is 1. The van der Waals surface area contributed by atoms with E-state index in [1.165, 1.54) is 11.3 Å². The van der Waals surface area contributed by atoms with E-state index >= 15 is 0 Å². The van der Waals surface area contributed by atoms with Gasteiger partial charge in [-0.3, -0.25) is 0 Å². The van der Waals surface area contributed by atoms with Crippen LogP contribution in [0.15, 0.2) is 29.3 Å². The molecule has 0 unspecified atom stereocenters. The Morgan fingerprint density at radius 2 is 1.90 bits per heavy atom. The number of hydrogen-bond acceptors (Lipinski definition) is 5. The standard InChI is InChI=1S/C23H41N5O2.HI/c1-4-24-23(25-12-16-27(2)13-5-17-30-3)26-18-20-6-8-22(9-7-20)28-14-10-21(19-29)11-15-28;/h6-9,21,29H,4-5,10-19H2,1-3H3,(H2,24,25,26);1H. The highest BCUT2D eigenvalue weighted by Crippen LogP contribution is 2.23.